The Bertz CT molecular complexity index is 528. The zero-order chi connectivity index (χ0) is 10.3. The van der Waals surface area contributed by atoms with Crippen LogP contribution in [-0.4, -0.2) is 11.0 Å². The Morgan fingerprint density at radius 1 is 1.40 bits per heavy atom. The third-order valence-electron chi connectivity index (χ3n) is 2.94. The van der Waals surface area contributed by atoms with Crippen LogP contribution in [-0.2, 0) is 17.8 Å². The fourth-order valence-corrected chi connectivity index (χ4v) is 2.35. The van der Waals surface area contributed by atoms with Crippen LogP contribution in [0.15, 0.2) is 24.4 Å². The average molecular weight is 200 g/mol. The van der Waals surface area contributed by atoms with Crippen molar-refractivity contribution in [1.82, 2.24) is 4.57 Å². The van der Waals surface area contributed by atoms with Gasteiger partial charge in [-0.1, -0.05) is 12.1 Å². The summed E-state index contributed by atoms with van der Waals surface area (Å²) in [5, 5.41) is 1.01. The monoisotopic (exact) mass is 200 g/mol. The molecule has 0 saturated carbocycles. The molecule has 1 radical (unpaired) electrons. The van der Waals surface area contributed by atoms with E-state index in [2.05, 4.69) is 10.6 Å². The fourth-order valence-electron chi connectivity index (χ4n) is 2.35. The maximum atomic E-state index is 10.3. The summed E-state index contributed by atoms with van der Waals surface area (Å²) in [5.74, 6) is 0.615. The Hall–Kier alpha value is -1.77. The Morgan fingerprint density at radius 2 is 2.33 bits per heavy atom. The minimum Gasteiger partial charge on any atom is -0.416 e. The van der Waals surface area contributed by atoms with Gasteiger partial charge in [-0.25, -0.2) is 4.79 Å². The third-order valence-corrected chi connectivity index (χ3v) is 2.94. The summed E-state index contributed by atoms with van der Waals surface area (Å²) in [5.41, 5.74) is 2.54. The molecule has 0 spiro atoms. The van der Waals surface area contributed by atoms with Crippen molar-refractivity contribution >= 4 is 17.4 Å². The molecular formula is C12H10NO2. The van der Waals surface area contributed by atoms with Crippen LogP contribution in [0.3, 0.4) is 0 Å². The van der Waals surface area contributed by atoms with Gasteiger partial charge in [0.1, 0.15) is 0 Å². The number of para-hydroxylation sites is 1. The molecule has 3 rings (SSSR count). The van der Waals surface area contributed by atoms with E-state index in [4.69, 9.17) is 4.74 Å². The molecule has 0 fully saturated rings. The summed E-state index contributed by atoms with van der Waals surface area (Å²) in [6.45, 7) is 2.49. The van der Waals surface area contributed by atoms with Gasteiger partial charge in [0, 0.05) is 18.1 Å². The number of nitrogens with zero attached hydrogens (tertiary/aromatic N) is 1. The zero-order valence-corrected chi connectivity index (χ0v) is 8.19. The van der Waals surface area contributed by atoms with Gasteiger partial charge in [0.15, 0.2) is 5.75 Å². The van der Waals surface area contributed by atoms with E-state index in [9.17, 15) is 4.79 Å². The summed E-state index contributed by atoms with van der Waals surface area (Å²) < 4.78 is 7.01. The zero-order valence-electron chi connectivity index (χ0n) is 8.19. The maximum Gasteiger partial charge on any atom is 0.423 e. The quantitative estimate of drug-likeness (QED) is 0.742. The minimum atomic E-state index is 0.615. The molecule has 15 heavy (non-hydrogen) atoms. The van der Waals surface area contributed by atoms with E-state index in [1.54, 1.807) is 0 Å². The van der Waals surface area contributed by atoms with Gasteiger partial charge in [-0.3, -0.25) is 0 Å². The van der Waals surface area contributed by atoms with Gasteiger partial charge in [0.25, 0.3) is 0 Å². The largest absolute Gasteiger partial charge is 0.423 e. The van der Waals surface area contributed by atoms with Gasteiger partial charge in [-0.2, -0.15) is 0 Å². The SMILES string of the molecule is O=[C]Oc1cn2c3c(cccc13)CCC2. The highest BCUT2D eigenvalue weighted by atomic mass is 16.5. The molecule has 2 heterocycles. The molecule has 0 N–H and O–H groups in total. The molecule has 2 aromatic rings. The van der Waals surface area contributed by atoms with E-state index < -0.39 is 0 Å². The molecule has 1 aliphatic rings. The first kappa shape index (κ1) is 8.53. The molecule has 3 heteroatoms. The van der Waals surface area contributed by atoms with E-state index in [0.29, 0.717) is 5.75 Å². The molecular weight excluding hydrogens is 190 g/mol. The van der Waals surface area contributed by atoms with Crippen LogP contribution in [0, 0.1) is 0 Å². The Labute approximate surface area is 87.3 Å². The van der Waals surface area contributed by atoms with Crippen LogP contribution < -0.4 is 4.74 Å². The number of carbonyl (C=O) groups excluding carboxylic acids is 1. The van der Waals surface area contributed by atoms with E-state index in [0.717, 1.165) is 24.8 Å². The third kappa shape index (κ3) is 1.16. The Kier molecular flexibility index (Phi) is 1.78. The Balaban J connectivity index is 2.33. The highest BCUT2D eigenvalue weighted by Crippen LogP contribution is 2.33. The second-order valence-electron chi connectivity index (χ2n) is 3.79. The molecule has 0 amide bonds. The van der Waals surface area contributed by atoms with E-state index in [1.807, 2.05) is 18.3 Å². The first-order valence-electron chi connectivity index (χ1n) is 5.05. The van der Waals surface area contributed by atoms with Crippen molar-refractivity contribution in [2.24, 2.45) is 0 Å². The van der Waals surface area contributed by atoms with Gasteiger partial charge in [-0.05, 0) is 24.5 Å². The first-order chi connectivity index (χ1) is 7.40. The number of ether oxygens (including phenoxy) is 1. The number of aryl methyl sites for hydroxylation is 2. The van der Waals surface area contributed by atoms with Gasteiger partial charge in [0.2, 0.25) is 0 Å². The predicted molar refractivity (Wildman–Crippen MR) is 56.6 cm³/mol. The summed E-state index contributed by atoms with van der Waals surface area (Å²) in [4.78, 5) is 10.3. The van der Waals surface area contributed by atoms with Crippen molar-refractivity contribution < 1.29 is 9.53 Å². The van der Waals surface area contributed by atoms with Crippen LogP contribution in [0.25, 0.3) is 10.9 Å². The molecule has 1 aliphatic heterocycles. The minimum absolute atomic E-state index is 0.615. The number of hydrogen-bond donors (Lipinski definition) is 0. The lowest BCUT2D eigenvalue weighted by Gasteiger charge is -2.14. The van der Waals surface area contributed by atoms with Crippen LogP contribution in [0.4, 0.5) is 0 Å². The molecule has 1 aromatic heterocycles. The van der Waals surface area contributed by atoms with Crippen LogP contribution in [0.2, 0.25) is 0 Å². The first-order valence-corrected chi connectivity index (χ1v) is 5.05. The number of benzene rings is 1. The van der Waals surface area contributed by atoms with Crippen molar-refractivity contribution in [3.05, 3.63) is 30.0 Å². The van der Waals surface area contributed by atoms with Crippen LogP contribution in [0.5, 0.6) is 5.75 Å². The molecule has 0 saturated heterocycles. The molecule has 0 aliphatic carbocycles. The standard InChI is InChI=1S/C12H10NO2/c14-8-15-11-7-13-6-2-4-9-3-1-5-10(11)12(9)13/h1,3,5,7H,2,4,6H2. The number of aromatic nitrogens is 1. The van der Waals surface area contributed by atoms with E-state index in [-0.39, 0.29) is 0 Å². The smallest absolute Gasteiger partial charge is 0.416 e. The highest BCUT2D eigenvalue weighted by Gasteiger charge is 2.16. The molecule has 75 valence electrons. The molecule has 0 bridgehead atoms. The second-order valence-corrected chi connectivity index (χ2v) is 3.79. The molecule has 3 nitrogen and oxygen atoms in total. The van der Waals surface area contributed by atoms with Gasteiger partial charge < -0.3 is 9.30 Å². The summed E-state index contributed by atoms with van der Waals surface area (Å²) in [7, 11) is 0. The Morgan fingerprint density at radius 3 is 3.20 bits per heavy atom. The van der Waals surface area contributed by atoms with Crippen molar-refractivity contribution in [3.8, 4) is 5.75 Å². The molecule has 0 atom stereocenters. The van der Waals surface area contributed by atoms with Crippen molar-refractivity contribution in [2.75, 3.05) is 0 Å². The normalized spacial score (nSPS) is 14.1. The van der Waals surface area contributed by atoms with Gasteiger partial charge in [0.05, 0.1) is 5.52 Å². The van der Waals surface area contributed by atoms with Gasteiger partial charge >= 0.3 is 6.47 Å². The lowest BCUT2D eigenvalue weighted by molar-refractivity contribution is 0.444. The van der Waals surface area contributed by atoms with Crippen molar-refractivity contribution in [1.29, 1.82) is 0 Å². The summed E-state index contributed by atoms with van der Waals surface area (Å²) >= 11 is 0. The van der Waals surface area contributed by atoms with Crippen molar-refractivity contribution in [2.45, 2.75) is 19.4 Å². The average Bonchev–Trinajstić information content (AvgIpc) is 2.61. The fraction of sp³-hybridized carbons (Fsp3) is 0.250. The highest BCUT2D eigenvalue weighted by molar-refractivity contribution is 5.90. The predicted octanol–water partition coefficient (Wildman–Crippen LogP) is 2.03. The van der Waals surface area contributed by atoms with Crippen LogP contribution >= 0.6 is 0 Å². The van der Waals surface area contributed by atoms with Crippen molar-refractivity contribution in [3.63, 3.8) is 0 Å². The van der Waals surface area contributed by atoms with E-state index in [1.165, 1.54) is 17.6 Å². The molecule has 1 aromatic carbocycles. The lowest BCUT2D eigenvalue weighted by Crippen LogP contribution is -2.05. The number of hydrogen-bond acceptors (Lipinski definition) is 2. The van der Waals surface area contributed by atoms with E-state index >= 15 is 0 Å². The van der Waals surface area contributed by atoms with Crippen LogP contribution in [0.1, 0.15) is 12.0 Å². The maximum absolute atomic E-state index is 10.3. The summed E-state index contributed by atoms with van der Waals surface area (Å²) in [6, 6.07) is 6.12. The topological polar surface area (TPSA) is 31.2 Å². The van der Waals surface area contributed by atoms with Gasteiger partial charge in [-0.15, -0.1) is 0 Å². The summed E-state index contributed by atoms with van der Waals surface area (Å²) in [6.07, 6.45) is 4.13. The second kappa shape index (κ2) is 3.12. The number of rotatable bonds is 2. The molecule has 0 unspecified atom stereocenters. The lowest BCUT2D eigenvalue weighted by atomic mass is 10.0.